The Labute approximate surface area is 146 Å². The Morgan fingerprint density at radius 3 is 2.79 bits per heavy atom. The van der Waals surface area contributed by atoms with Gasteiger partial charge in [0.15, 0.2) is 0 Å². The summed E-state index contributed by atoms with van der Waals surface area (Å²) in [6.45, 7) is 2.59. The second kappa shape index (κ2) is 7.19. The molecule has 130 valence electrons. The number of carbonyl (C=O) groups is 3. The van der Waals surface area contributed by atoms with E-state index in [4.69, 9.17) is 0 Å². The van der Waals surface area contributed by atoms with Gasteiger partial charge in [-0.1, -0.05) is 12.1 Å². The lowest BCUT2D eigenvalue weighted by Crippen LogP contribution is -2.40. The van der Waals surface area contributed by atoms with Gasteiger partial charge in [-0.25, -0.2) is 4.79 Å². The molecule has 7 nitrogen and oxygen atoms in total. The maximum Gasteiger partial charge on any atom is 0.322 e. The first-order valence-corrected chi connectivity index (χ1v) is 7.75. The largest absolute Gasteiger partial charge is 0.326 e. The average molecular weight is 353 g/mol. The molecule has 2 aliphatic heterocycles. The molecule has 0 bridgehead atoms. The summed E-state index contributed by atoms with van der Waals surface area (Å²) in [4.78, 5) is 35.5. The summed E-state index contributed by atoms with van der Waals surface area (Å²) in [5.41, 5.74) is 0.114. The number of benzene rings is 1. The van der Waals surface area contributed by atoms with Crippen molar-refractivity contribution >= 4 is 35.9 Å². The minimum Gasteiger partial charge on any atom is -0.326 e. The third-order valence-electron chi connectivity index (χ3n) is 4.36. The van der Waals surface area contributed by atoms with Gasteiger partial charge in [-0.3, -0.25) is 14.9 Å². The van der Waals surface area contributed by atoms with Crippen LogP contribution in [0.15, 0.2) is 24.3 Å². The van der Waals surface area contributed by atoms with Gasteiger partial charge < -0.3 is 16.0 Å². The van der Waals surface area contributed by atoms with Crippen LogP contribution in [-0.2, 0) is 15.1 Å². The van der Waals surface area contributed by atoms with Crippen molar-refractivity contribution in [3.05, 3.63) is 29.8 Å². The lowest BCUT2D eigenvalue weighted by Gasteiger charge is -2.21. The van der Waals surface area contributed by atoms with Crippen LogP contribution in [0.2, 0.25) is 0 Å². The number of halogens is 1. The highest BCUT2D eigenvalue weighted by atomic mass is 35.5. The van der Waals surface area contributed by atoms with Crippen LogP contribution in [0.1, 0.15) is 31.7 Å². The van der Waals surface area contributed by atoms with E-state index >= 15 is 0 Å². The molecule has 4 amide bonds. The minimum absolute atomic E-state index is 0. The number of nitrogens with one attached hydrogen (secondary N) is 4. The van der Waals surface area contributed by atoms with Gasteiger partial charge in [-0.05, 0) is 44.0 Å². The molecule has 1 aromatic carbocycles. The molecule has 2 fully saturated rings. The van der Waals surface area contributed by atoms with Crippen molar-refractivity contribution < 1.29 is 14.4 Å². The number of amides is 4. The Hall–Kier alpha value is -2.12. The van der Waals surface area contributed by atoms with Gasteiger partial charge in [-0.15, -0.1) is 12.4 Å². The smallest absolute Gasteiger partial charge is 0.322 e. The molecule has 2 unspecified atom stereocenters. The van der Waals surface area contributed by atoms with Crippen LogP contribution in [0.3, 0.4) is 0 Å². The highest BCUT2D eigenvalue weighted by Gasteiger charge is 2.43. The van der Waals surface area contributed by atoms with Gasteiger partial charge in [0.05, 0.1) is 0 Å². The summed E-state index contributed by atoms with van der Waals surface area (Å²) in [6.07, 6.45) is 2.54. The fourth-order valence-corrected chi connectivity index (χ4v) is 3.02. The number of anilines is 1. The molecule has 0 aliphatic carbocycles. The van der Waals surface area contributed by atoms with E-state index in [-0.39, 0.29) is 24.4 Å². The third kappa shape index (κ3) is 3.68. The number of rotatable bonds is 4. The molecule has 8 heteroatoms. The van der Waals surface area contributed by atoms with Crippen LogP contribution in [0.5, 0.6) is 0 Å². The summed E-state index contributed by atoms with van der Waals surface area (Å²) in [5.74, 6) is -0.465. The zero-order chi connectivity index (χ0) is 16.4. The van der Waals surface area contributed by atoms with Gasteiger partial charge in [0, 0.05) is 18.2 Å². The molecule has 1 aromatic rings. The van der Waals surface area contributed by atoms with E-state index in [0.717, 1.165) is 19.4 Å². The molecular formula is C16H21ClN4O3. The average Bonchev–Trinajstić information content (AvgIpc) is 3.08. The van der Waals surface area contributed by atoms with Gasteiger partial charge in [0.2, 0.25) is 5.91 Å². The highest BCUT2D eigenvalue weighted by Crippen LogP contribution is 2.26. The molecule has 4 N–H and O–H groups in total. The maximum absolute atomic E-state index is 12.1. The Balaban J connectivity index is 0.00000208. The predicted octanol–water partition coefficient (Wildman–Crippen LogP) is 1.24. The van der Waals surface area contributed by atoms with Crippen molar-refractivity contribution in [2.75, 3.05) is 11.9 Å². The van der Waals surface area contributed by atoms with Gasteiger partial charge in [-0.2, -0.15) is 0 Å². The van der Waals surface area contributed by atoms with Crippen molar-refractivity contribution in [2.45, 2.75) is 37.8 Å². The lowest BCUT2D eigenvalue weighted by atomic mass is 9.92. The molecule has 0 radical (unpaired) electrons. The van der Waals surface area contributed by atoms with Crippen LogP contribution >= 0.6 is 12.4 Å². The molecule has 0 aromatic heterocycles. The van der Waals surface area contributed by atoms with Crippen molar-refractivity contribution in [1.82, 2.24) is 16.0 Å². The Bertz CT molecular complexity index is 660. The number of hydrogen-bond acceptors (Lipinski definition) is 4. The first-order chi connectivity index (χ1) is 11.0. The van der Waals surface area contributed by atoms with E-state index in [0.29, 0.717) is 17.7 Å². The molecule has 2 aliphatic rings. The fraction of sp³-hybridized carbons (Fsp3) is 0.438. The number of imide groups is 1. The monoisotopic (exact) mass is 352 g/mol. The molecule has 3 rings (SSSR count). The zero-order valence-corrected chi connectivity index (χ0v) is 14.2. The standard InChI is InChI=1S/C16H20N4O3.ClH/c1-16(14(22)19-15(23)20-16)10-4-2-5-12(8-10)18-13(21)9-11-6-3-7-17-11;/h2,4-5,8,11,17H,3,6-7,9H2,1H3,(H,18,21)(H2,19,20,22,23);1H. The van der Waals surface area contributed by atoms with E-state index in [1.807, 2.05) is 0 Å². The van der Waals surface area contributed by atoms with Crippen molar-refractivity contribution in [3.63, 3.8) is 0 Å². The normalized spacial score (nSPS) is 25.6. The van der Waals surface area contributed by atoms with E-state index in [1.165, 1.54) is 0 Å². The van der Waals surface area contributed by atoms with Crippen LogP contribution in [-0.4, -0.2) is 30.4 Å². The van der Waals surface area contributed by atoms with Gasteiger partial charge in [0.25, 0.3) is 5.91 Å². The summed E-state index contributed by atoms with van der Waals surface area (Å²) in [7, 11) is 0. The van der Waals surface area contributed by atoms with Gasteiger partial charge >= 0.3 is 6.03 Å². The quantitative estimate of drug-likeness (QED) is 0.613. The lowest BCUT2D eigenvalue weighted by molar-refractivity contribution is -0.123. The maximum atomic E-state index is 12.1. The predicted molar refractivity (Wildman–Crippen MR) is 92.0 cm³/mol. The van der Waals surface area contributed by atoms with E-state index in [2.05, 4.69) is 21.3 Å². The minimum atomic E-state index is -1.12. The first-order valence-electron chi connectivity index (χ1n) is 7.75. The van der Waals surface area contributed by atoms with Crippen LogP contribution in [0.4, 0.5) is 10.5 Å². The van der Waals surface area contributed by atoms with Crippen LogP contribution in [0, 0.1) is 0 Å². The van der Waals surface area contributed by atoms with E-state index < -0.39 is 17.5 Å². The van der Waals surface area contributed by atoms with Crippen LogP contribution in [0.25, 0.3) is 0 Å². The molecule has 2 heterocycles. The molecular weight excluding hydrogens is 332 g/mol. The number of urea groups is 1. The topological polar surface area (TPSA) is 99.3 Å². The Morgan fingerprint density at radius 2 is 2.17 bits per heavy atom. The van der Waals surface area contributed by atoms with Crippen molar-refractivity contribution in [3.8, 4) is 0 Å². The summed E-state index contributed by atoms with van der Waals surface area (Å²) in [6, 6.07) is 6.70. The fourth-order valence-electron chi connectivity index (χ4n) is 3.02. The van der Waals surface area contributed by atoms with Crippen LogP contribution < -0.4 is 21.3 Å². The number of hydrogen-bond donors (Lipinski definition) is 4. The highest BCUT2D eigenvalue weighted by molar-refractivity contribution is 6.07. The van der Waals surface area contributed by atoms with Crippen molar-refractivity contribution in [2.24, 2.45) is 0 Å². The second-order valence-electron chi connectivity index (χ2n) is 6.16. The SMILES string of the molecule is CC1(c2cccc(NC(=O)CC3CCCN3)c2)NC(=O)NC1=O.Cl. The third-order valence-corrected chi connectivity index (χ3v) is 4.36. The molecule has 0 spiro atoms. The first kappa shape index (κ1) is 18.2. The Kier molecular flexibility index (Phi) is 5.46. The molecule has 0 saturated carbocycles. The summed E-state index contributed by atoms with van der Waals surface area (Å²) < 4.78 is 0. The van der Waals surface area contributed by atoms with E-state index in [1.54, 1.807) is 31.2 Å². The summed E-state index contributed by atoms with van der Waals surface area (Å²) >= 11 is 0. The molecule has 24 heavy (non-hydrogen) atoms. The van der Waals surface area contributed by atoms with E-state index in [9.17, 15) is 14.4 Å². The second-order valence-corrected chi connectivity index (χ2v) is 6.16. The molecule has 2 atom stereocenters. The van der Waals surface area contributed by atoms with Gasteiger partial charge in [0.1, 0.15) is 5.54 Å². The summed E-state index contributed by atoms with van der Waals surface area (Å²) in [5, 5.41) is 11.0. The number of carbonyl (C=O) groups excluding carboxylic acids is 3. The Morgan fingerprint density at radius 1 is 1.38 bits per heavy atom. The zero-order valence-electron chi connectivity index (χ0n) is 13.3. The van der Waals surface area contributed by atoms with Crippen molar-refractivity contribution in [1.29, 1.82) is 0 Å². The molecule has 2 saturated heterocycles.